The Morgan fingerprint density at radius 2 is 1.75 bits per heavy atom. The van der Waals surface area contributed by atoms with E-state index in [-0.39, 0.29) is 21.3 Å². The third-order valence-electron chi connectivity index (χ3n) is 3.01. The molecule has 2 aromatic rings. The molecular formula is C16H11Cl2F2NO3. The molecular weight excluding hydrogens is 363 g/mol. The predicted octanol–water partition coefficient (Wildman–Crippen LogP) is 4.46. The maximum atomic E-state index is 13.5. The van der Waals surface area contributed by atoms with Crippen LogP contribution < -0.4 is 5.32 Å². The molecule has 24 heavy (non-hydrogen) atoms. The number of amides is 1. The van der Waals surface area contributed by atoms with Crippen LogP contribution in [-0.4, -0.2) is 18.0 Å². The molecule has 0 aliphatic heterocycles. The molecule has 0 aliphatic carbocycles. The lowest BCUT2D eigenvalue weighted by Crippen LogP contribution is -2.30. The Balaban J connectivity index is 2.07. The van der Waals surface area contributed by atoms with Crippen LogP contribution in [0.3, 0.4) is 0 Å². The minimum absolute atomic E-state index is 0.0738. The lowest BCUT2D eigenvalue weighted by atomic mass is 10.2. The zero-order valence-electron chi connectivity index (χ0n) is 12.3. The van der Waals surface area contributed by atoms with Gasteiger partial charge >= 0.3 is 5.97 Å². The van der Waals surface area contributed by atoms with Crippen LogP contribution in [0, 0.1) is 11.6 Å². The number of esters is 1. The van der Waals surface area contributed by atoms with E-state index in [1.54, 1.807) is 6.07 Å². The van der Waals surface area contributed by atoms with Gasteiger partial charge in [-0.2, -0.15) is 0 Å². The monoisotopic (exact) mass is 373 g/mol. The first kappa shape index (κ1) is 18.2. The fourth-order valence-electron chi connectivity index (χ4n) is 1.79. The molecule has 0 aliphatic rings. The molecule has 0 spiro atoms. The van der Waals surface area contributed by atoms with Gasteiger partial charge in [-0.1, -0.05) is 29.3 Å². The number of benzene rings is 2. The first-order valence-corrected chi connectivity index (χ1v) is 7.46. The van der Waals surface area contributed by atoms with Crippen molar-refractivity contribution in [3.05, 3.63) is 63.6 Å². The summed E-state index contributed by atoms with van der Waals surface area (Å²) in [6.45, 7) is 1.29. The highest BCUT2D eigenvalue weighted by molar-refractivity contribution is 6.39. The average Bonchev–Trinajstić information content (AvgIpc) is 2.49. The Morgan fingerprint density at radius 1 is 1.12 bits per heavy atom. The molecule has 1 atom stereocenters. The van der Waals surface area contributed by atoms with E-state index < -0.39 is 29.6 Å². The molecule has 2 rings (SSSR count). The summed E-state index contributed by atoms with van der Waals surface area (Å²) in [5.74, 6) is -3.42. The molecule has 126 valence electrons. The number of hydrogen-bond acceptors (Lipinski definition) is 3. The lowest BCUT2D eigenvalue weighted by Gasteiger charge is -2.15. The number of nitrogens with one attached hydrogen (secondary N) is 1. The largest absolute Gasteiger partial charge is 0.449 e. The quantitative estimate of drug-likeness (QED) is 0.805. The van der Waals surface area contributed by atoms with Crippen molar-refractivity contribution in [3.8, 4) is 0 Å². The van der Waals surface area contributed by atoms with E-state index in [1.165, 1.54) is 19.1 Å². The molecule has 1 N–H and O–H groups in total. The molecule has 2 aromatic carbocycles. The standard InChI is InChI=1S/C16H11Cl2F2NO3/c1-8(15(22)21-13-6-5-9(19)7-12(13)20)24-16(23)14-10(17)3-2-4-11(14)18/h2-8H,1H3,(H,21,22). The minimum atomic E-state index is -1.26. The molecule has 8 heteroatoms. The summed E-state index contributed by atoms with van der Waals surface area (Å²) in [5.41, 5.74) is -0.312. The van der Waals surface area contributed by atoms with Crippen molar-refractivity contribution < 1.29 is 23.1 Å². The number of rotatable bonds is 4. The predicted molar refractivity (Wildman–Crippen MR) is 86.3 cm³/mol. The van der Waals surface area contributed by atoms with Crippen molar-refractivity contribution in [2.75, 3.05) is 5.32 Å². The minimum Gasteiger partial charge on any atom is -0.449 e. The fourth-order valence-corrected chi connectivity index (χ4v) is 2.34. The first-order chi connectivity index (χ1) is 11.3. The number of anilines is 1. The number of carbonyl (C=O) groups is 2. The molecule has 0 saturated carbocycles. The summed E-state index contributed by atoms with van der Waals surface area (Å²) in [6.07, 6.45) is -1.26. The van der Waals surface area contributed by atoms with Crippen LogP contribution in [0.15, 0.2) is 36.4 Å². The summed E-state index contributed by atoms with van der Waals surface area (Å²) in [4.78, 5) is 24.0. The van der Waals surface area contributed by atoms with Gasteiger partial charge in [-0.3, -0.25) is 4.79 Å². The van der Waals surface area contributed by atoms with Crippen LogP contribution in [0.4, 0.5) is 14.5 Å². The molecule has 4 nitrogen and oxygen atoms in total. The Hall–Kier alpha value is -2.18. The van der Waals surface area contributed by atoms with E-state index >= 15 is 0 Å². The highest BCUT2D eigenvalue weighted by Gasteiger charge is 2.23. The van der Waals surface area contributed by atoms with Gasteiger partial charge in [0, 0.05) is 6.07 Å². The molecule has 1 unspecified atom stereocenters. The van der Waals surface area contributed by atoms with Crippen LogP contribution >= 0.6 is 23.2 Å². The van der Waals surface area contributed by atoms with E-state index in [1.807, 2.05) is 0 Å². The van der Waals surface area contributed by atoms with Gasteiger partial charge in [-0.25, -0.2) is 13.6 Å². The van der Waals surface area contributed by atoms with E-state index in [9.17, 15) is 18.4 Å². The molecule has 1 amide bonds. The Labute approximate surface area is 146 Å². The topological polar surface area (TPSA) is 55.4 Å². The summed E-state index contributed by atoms with van der Waals surface area (Å²) in [6, 6.07) is 7.11. The summed E-state index contributed by atoms with van der Waals surface area (Å²) < 4.78 is 31.3. The van der Waals surface area contributed by atoms with Crippen LogP contribution in [0.2, 0.25) is 10.0 Å². The fraction of sp³-hybridized carbons (Fsp3) is 0.125. The Kier molecular flexibility index (Phi) is 5.75. The number of halogens is 4. The van der Waals surface area contributed by atoms with Gasteiger partial charge in [-0.05, 0) is 31.2 Å². The Morgan fingerprint density at radius 3 is 2.33 bits per heavy atom. The third kappa shape index (κ3) is 4.21. The van der Waals surface area contributed by atoms with Crippen molar-refractivity contribution in [2.45, 2.75) is 13.0 Å². The number of hydrogen-bond donors (Lipinski definition) is 1. The van der Waals surface area contributed by atoms with Crippen LogP contribution in [0.25, 0.3) is 0 Å². The van der Waals surface area contributed by atoms with Gasteiger partial charge in [0.25, 0.3) is 5.91 Å². The normalized spacial score (nSPS) is 11.7. The van der Waals surface area contributed by atoms with E-state index in [4.69, 9.17) is 27.9 Å². The molecule has 0 bridgehead atoms. The maximum absolute atomic E-state index is 13.5. The highest BCUT2D eigenvalue weighted by Crippen LogP contribution is 2.25. The van der Waals surface area contributed by atoms with E-state index in [2.05, 4.69) is 5.32 Å². The second kappa shape index (κ2) is 7.59. The van der Waals surface area contributed by atoms with Crippen LogP contribution in [0.1, 0.15) is 17.3 Å². The Bertz CT molecular complexity index is 779. The van der Waals surface area contributed by atoms with Crippen molar-refractivity contribution in [1.29, 1.82) is 0 Å². The van der Waals surface area contributed by atoms with Gasteiger partial charge < -0.3 is 10.1 Å². The van der Waals surface area contributed by atoms with Crippen molar-refractivity contribution >= 4 is 40.8 Å². The lowest BCUT2D eigenvalue weighted by molar-refractivity contribution is -0.123. The highest BCUT2D eigenvalue weighted by atomic mass is 35.5. The van der Waals surface area contributed by atoms with Crippen molar-refractivity contribution in [3.63, 3.8) is 0 Å². The SMILES string of the molecule is CC(OC(=O)c1c(Cl)cccc1Cl)C(=O)Nc1ccc(F)cc1F. The molecule has 0 radical (unpaired) electrons. The number of carbonyl (C=O) groups excluding carboxylic acids is 2. The maximum Gasteiger partial charge on any atom is 0.341 e. The smallest absolute Gasteiger partial charge is 0.341 e. The summed E-state index contributed by atoms with van der Waals surface area (Å²) in [5, 5.41) is 2.35. The first-order valence-electron chi connectivity index (χ1n) is 6.70. The van der Waals surface area contributed by atoms with Crippen molar-refractivity contribution in [2.24, 2.45) is 0 Å². The van der Waals surface area contributed by atoms with Crippen LogP contribution in [-0.2, 0) is 9.53 Å². The molecule has 0 saturated heterocycles. The van der Waals surface area contributed by atoms with Gasteiger partial charge in [0.2, 0.25) is 0 Å². The van der Waals surface area contributed by atoms with E-state index in [0.717, 1.165) is 12.1 Å². The average molecular weight is 374 g/mol. The summed E-state index contributed by atoms with van der Waals surface area (Å²) >= 11 is 11.8. The van der Waals surface area contributed by atoms with Crippen LogP contribution in [0.5, 0.6) is 0 Å². The molecule has 0 heterocycles. The van der Waals surface area contributed by atoms with Gasteiger partial charge in [-0.15, -0.1) is 0 Å². The molecule has 0 aromatic heterocycles. The van der Waals surface area contributed by atoms with Crippen molar-refractivity contribution in [1.82, 2.24) is 0 Å². The van der Waals surface area contributed by atoms with Gasteiger partial charge in [0.1, 0.15) is 11.6 Å². The second-order valence-corrected chi connectivity index (χ2v) is 5.57. The number of ether oxygens (including phenoxy) is 1. The second-order valence-electron chi connectivity index (χ2n) is 4.76. The van der Waals surface area contributed by atoms with Gasteiger partial charge in [0.05, 0.1) is 21.3 Å². The summed E-state index contributed by atoms with van der Waals surface area (Å²) in [7, 11) is 0. The molecule has 0 fully saturated rings. The third-order valence-corrected chi connectivity index (χ3v) is 3.64. The zero-order chi connectivity index (χ0) is 17.9. The zero-order valence-corrected chi connectivity index (χ0v) is 13.8. The van der Waals surface area contributed by atoms with Gasteiger partial charge in [0.15, 0.2) is 6.10 Å². The van der Waals surface area contributed by atoms with E-state index in [0.29, 0.717) is 6.07 Å².